The summed E-state index contributed by atoms with van der Waals surface area (Å²) in [5.74, 6) is -1.20. The SMILES string of the molecule is CCCCC(=O)NC(C=O)CC1=C(SSc2nc[nH]c2CC(N)C(=O)O)N(C)CN1.CCCCC=O.CO. The number of hydrogen-bond donors (Lipinski definition) is 6. The summed E-state index contributed by atoms with van der Waals surface area (Å²) in [4.78, 5) is 53.2. The molecule has 0 fully saturated rings. The Morgan fingerprint density at radius 1 is 1.21 bits per heavy atom. The molecule has 0 aliphatic carbocycles. The highest BCUT2D eigenvalue weighted by Crippen LogP contribution is 2.41. The fourth-order valence-corrected chi connectivity index (χ4v) is 5.57. The van der Waals surface area contributed by atoms with Gasteiger partial charge in [0, 0.05) is 45.5 Å². The number of carbonyl (C=O) groups is 4. The van der Waals surface area contributed by atoms with Crippen LogP contribution in [0, 0.1) is 0 Å². The zero-order chi connectivity index (χ0) is 28.9. The zero-order valence-electron chi connectivity index (χ0n) is 22.6. The molecule has 0 saturated carbocycles. The smallest absolute Gasteiger partial charge is 0.320 e. The number of aliphatic carboxylic acids is 1. The molecule has 2 heterocycles. The Labute approximate surface area is 232 Å². The normalized spacial score (nSPS) is 13.8. The third-order valence-electron chi connectivity index (χ3n) is 5.12. The molecule has 2 atom stereocenters. The number of H-pyrrole nitrogens is 1. The van der Waals surface area contributed by atoms with Crippen molar-refractivity contribution in [1.29, 1.82) is 0 Å². The summed E-state index contributed by atoms with van der Waals surface area (Å²) >= 11 is 0. The van der Waals surface area contributed by atoms with Crippen molar-refractivity contribution in [1.82, 2.24) is 25.5 Å². The van der Waals surface area contributed by atoms with E-state index in [0.29, 0.717) is 30.2 Å². The van der Waals surface area contributed by atoms with Crippen LogP contribution in [0.3, 0.4) is 0 Å². The number of hydrogen-bond acceptors (Lipinski definition) is 11. The number of amides is 1. The van der Waals surface area contributed by atoms with Crippen molar-refractivity contribution in [2.45, 2.75) is 82.3 Å². The van der Waals surface area contributed by atoms with Gasteiger partial charge in [0.1, 0.15) is 28.7 Å². The van der Waals surface area contributed by atoms with Gasteiger partial charge in [-0.2, -0.15) is 0 Å². The molecule has 1 aliphatic heterocycles. The summed E-state index contributed by atoms with van der Waals surface area (Å²) < 4.78 is 0. The molecular weight excluding hydrogens is 532 g/mol. The topological polar surface area (TPSA) is 191 Å². The van der Waals surface area contributed by atoms with Crippen molar-refractivity contribution in [3.63, 3.8) is 0 Å². The van der Waals surface area contributed by atoms with Crippen LogP contribution in [-0.2, 0) is 25.6 Å². The van der Waals surface area contributed by atoms with E-state index in [2.05, 4.69) is 27.5 Å². The highest BCUT2D eigenvalue weighted by Gasteiger charge is 2.25. The Morgan fingerprint density at radius 2 is 1.89 bits per heavy atom. The summed E-state index contributed by atoms with van der Waals surface area (Å²) in [7, 11) is 5.76. The maximum Gasteiger partial charge on any atom is 0.320 e. The molecule has 1 amide bonds. The van der Waals surface area contributed by atoms with Gasteiger partial charge >= 0.3 is 5.97 Å². The Hall–Kier alpha value is -2.55. The third-order valence-corrected chi connectivity index (χ3v) is 7.63. The summed E-state index contributed by atoms with van der Waals surface area (Å²) in [6, 6.07) is -1.61. The van der Waals surface area contributed by atoms with Crippen molar-refractivity contribution in [3.05, 3.63) is 22.7 Å². The van der Waals surface area contributed by atoms with Gasteiger partial charge in [0.25, 0.3) is 0 Å². The summed E-state index contributed by atoms with van der Waals surface area (Å²) in [5, 5.41) is 23.6. The second-order valence-corrected chi connectivity index (χ2v) is 10.4. The first-order valence-corrected chi connectivity index (χ1v) is 14.6. The number of carbonyl (C=O) groups excluding carboxylic acids is 3. The van der Waals surface area contributed by atoms with Crippen LogP contribution >= 0.6 is 21.6 Å². The predicted octanol–water partition coefficient (Wildman–Crippen LogP) is 2.01. The van der Waals surface area contributed by atoms with Crippen LogP contribution in [0.2, 0.25) is 0 Å². The van der Waals surface area contributed by atoms with Crippen LogP contribution in [-0.4, -0.2) is 82.4 Å². The minimum atomic E-state index is -1.07. The van der Waals surface area contributed by atoms with Crippen molar-refractivity contribution >= 4 is 46.0 Å². The number of aliphatic hydroxyl groups is 1. The average molecular weight is 575 g/mol. The number of nitrogens with two attached hydrogens (primary N) is 1. The van der Waals surface area contributed by atoms with E-state index in [9.17, 15) is 19.2 Å². The fourth-order valence-electron chi connectivity index (χ4n) is 3.03. The van der Waals surface area contributed by atoms with Crippen LogP contribution in [0.4, 0.5) is 0 Å². The van der Waals surface area contributed by atoms with E-state index in [0.717, 1.165) is 62.5 Å². The van der Waals surface area contributed by atoms with E-state index < -0.39 is 18.1 Å². The van der Waals surface area contributed by atoms with E-state index in [1.54, 1.807) is 0 Å². The van der Waals surface area contributed by atoms with Gasteiger partial charge in [-0.05, 0) is 34.4 Å². The van der Waals surface area contributed by atoms with Crippen LogP contribution in [0.5, 0.6) is 0 Å². The van der Waals surface area contributed by atoms with Crippen LogP contribution in [0.1, 0.15) is 64.5 Å². The van der Waals surface area contributed by atoms with Gasteiger partial charge in [-0.15, -0.1) is 0 Å². The molecule has 7 N–H and O–H groups in total. The van der Waals surface area contributed by atoms with Crippen molar-refractivity contribution < 1.29 is 29.4 Å². The summed E-state index contributed by atoms with van der Waals surface area (Å²) in [5.41, 5.74) is 7.14. The van der Waals surface area contributed by atoms with Gasteiger partial charge in [0.2, 0.25) is 5.91 Å². The van der Waals surface area contributed by atoms with Crippen LogP contribution < -0.4 is 16.4 Å². The predicted molar refractivity (Wildman–Crippen MR) is 150 cm³/mol. The van der Waals surface area contributed by atoms with Gasteiger partial charge in [-0.3, -0.25) is 9.59 Å². The van der Waals surface area contributed by atoms with E-state index >= 15 is 0 Å². The van der Waals surface area contributed by atoms with Crippen LogP contribution in [0.15, 0.2) is 22.1 Å². The number of imidazole rings is 1. The molecule has 12 nitrogen and oxygen atoms in total. The lowest BCUT2D eigenvalue weighted by atomic mass is 10.1. The minimum Gasteiger partial charge on any atom is -0.480 e. The zero-order valence-corrected chi connectivity index (χ0v) is 24.2. The molecular formula is C24H42N6O6S2. The van der Waals surface area contributed by atoms with Gasteiger partial charge in [-0.25, -0.2) is 4.98 Å². The molecule has 2 rings (SSSR count). The number of aldehydes is 2. The van der Waals surface area contributed by atoms with E-state index in [4.69, 9.17) is 15.9 Å². The lowest BCUT2D eigenvalue weighted by molar-refractivity contribution is -0.138. The maximum absolute atomic E-state index is 12.0. The minimum absolute atomic E-state index is 0.125. The lowest BCUT2D eigenvalue weighted by Crippen LogP contribution is -2.37. The van der Waals surface area contributed by atoms with E-state index in [1.807, 2.05) is 18.9 Å². The lowest BCUT2D eigenvalue weighted by Gasteiger charge is -2.16. The maximum atomic E-state index is 12.0. The van der Waals surface area contributed by atoms with Crippen LogP contribution in [0.25, 0.3) is 0 Å². The number of carboxylic acids is 1. The van der Waals surface area contributed by atoms with Gasteiger partial charge in [-0.1, -0.05) is 26.7 Å². The van der Waals surface area contributed by atoms with Gasteiger partial charge < -0.3 is 46.1 Å². The first-order valence-electron chi connectivity index (χ1n) is 12.4. The standard InChI is InChI=1S/C18H28N6O4S2.C5H10O.CH4O/c1-3-4-5-15(26)23-11(8-25)6-14-17(24(2)10-22-14)30-29-16-13(20-9-21-16)7-12(19)18(27)28;1-2-3-4-5-6;1-2/h8-9,11-12,22H,3-7,10,19H2,1-2H3,(H,20,21)(H,23,26)(H,27,28);5H,2-4H2,1H3;2H,1H3. The number of nitrogens with one attached hydrogen (secondary N) is 3. The molecule has 0 saturated heterocycles. The Kier molecular flexibility index (Phi) is 20.0. The molecule has 38 heavy (non-hydrogen) atoms. The average Bonchev–Trinajstić information content (AvgIpc) is 3.51. The monoisotopic (exact) mass is 574 g/mol. The number of aromatic amines is 1. The Morgan fingerprint density at radius 3 is 2.45 bits per heavy atom. The highest BCUT2D eigenvalue weighted by molar-refractivity contribution is 8.78. The number of aromatic nitrogens is 2. The quantitative estimate of drug-likeness (QED) is 0.0958. The fraction of sp³-hybridized carbons (Fsp3) is 0.625. The molecule has 14 heteroatoms. The van der Waals surface area contributed by atoms with Gasteiger partial charge in [0.05, 0.1) is 24.7 Å². The number of aliphatic hydroxyl groups excluding tert-OH is 1. The first kappa shape index (κ1) is 35.5. The number of rotatable bonds is 16. The van der Waals surface area contributed by atoms with Gasteiger partial charge in [0.15, 0.2) is 0 Å². The highest BCUT2D eigenvalue weighted by atomic mass is 33.1. The Balaban J connectivity index is 0.00000150. The molecule has 0 radical (unpaired) electrons. The third kappa shape index (κ3) is 13.8. The van der Waals surface area contributed by atoms with Crippen molar-refractivity contribution in [2.24, 2.45) is 5.73 Å². The molecule has 0 aromatic carbocycles. The molecule has 0 spiro atoms. The first-order chi connectivity index (χ1) is 18.3. The number of nitrogens with zero attached hydrogens (tertiary/aromatic N) is 2. The van der Waals surface area contributed by atoms with Crippen molar-refractivity contribution in [3.8, 4) is 0 Å². The van der Waals surface area contributed by atoms with E-state index in [-0.39, 0.29) is 12.3 Å². The number of carboxylic acid groups (broad SMARTS) is 1. The molecule has 2 unspecified atom stereocenters. The largest absolute Gasteiger partial charge is 0.480 e. The second kappa shape index (κ2) is 21.4. The molecule has 1 aliphatic rings. The summed E-state index contributed by atoms with van der Waals surface area (Å²) in [6.07, 6.45) is 8.75. The van der Waals surface area contributed by atoms with Crippen molar-refractivity contribution in [2.75, 3.05) is 20.8 Å². The molecule has 1 aromatic rings. The number of unbranched alkanes of at least 4 members (excludes halogenated alkanes) is 3. The van der Waals surface area contributed by atoms with E-state index in [1.165, 1.54) is 27.9 Å². The molecule has 1 aromatic heterocycles. The Bertz CT molecular complexity index is 882. The second-order valence-electron chi connectivity index (χ2n) is 8.24. The molecule has 0 bridgehead atoms. The summed E-state index contributed by atoms with van der Waals surface area (Å²) in [6.45, 7) is 4.67. The molecule has 216 valence electrons.